The van der Waals surface area contributed by atoms with Gasteiger partial charge in [-0.2, -0.15) is 0 Å². The Morgan fingerprint density at radius 1 is 1.40 bits per heavy atom. The van der Waals surface area contributed by atoms with Crippen molar-refractivity contribution < 1.29 is 14.3 Å². The Morgan fingerprint density at radius 2 is 2.15 bits per heavy atom. The molecule has 1 fully saturated rings. The van der Waals surface area contributed by atoms with Crippen LogP contribution in [0.25, 0.3) is 0 Å². The van der Waals surface area contributed by atoms with E-state index in [4.69, 9.17) is 5.73 Å². The third kappa shape index (κ3) is 3.88. The highest BCUT2D eigenvalue weighted by Gasteiger charge is 2.22. The number of hydrogen-bond acceptors (Lipinski definition) is 5. The van der Waals surface area contributed by atoms with E-state index in [-0.39, 0.29) is 5.91 Å². The van der Waals surface area contributed by atoms with Gasteiger partial charge in [0.2, 0.25) is 5.91 Å². The average Bonchev–Trinajstić information content (AvgIpc) is 3.23. The van der Waals surface area contributed by atoms with Gasteiger partial charge in [0.05, 0.1) is 12.7 Å². The summed E-state index contributed by atoms with van der Waals surface area (Å²) in [5.74, 6) is -0.429. The number of anilines is 2. The van der Waals surface area contributed by atoms with Crippen LogP contribution < -0.4 is 16.4 Å². The molecule has 2 rings (SSSR count). The van der Waals surface area contributed by atoms with Crippen LogP contribution in [-0.4, -0.2) is 31.6 Å². The fraction of sp³-hybridized carbons (Fsp3) is 0.429. The van der Waals surface area contributed by atoms with Crippen LogP contribution in [0.5, 0.6) is 0 Å². The molecule has 1 saturated carbocycles. The van der Waals surface area contributed by atoms with E-state index >= 15 is 0 Å². The van der Waals surface area contributed by atoms with Crippen molar-refractivity contribution in [3.63, 3.8) is 0 Å². The van der Waals surface area contributed by atoms with Gasteiger partial charge in [-0.25, -0.2) is 4.79 Å². The highest BCUT2D eigenvalue weighted by Crippen LogP contribution is 2.19. The van der Waals surface area contributed by atoms with Crippen LogP contribution in [0.3, 0.4) is 0 Å². The first-order chi connectivity index (χ1) is 9.60. The molecule has 1 aliphatic carbocycles. The SMILES string of the molecule is COC(=O)c1cc(NCCC(=O)NC2CC2)ccc1N. The summed E-state index contributed by atoms with van der Waals surface area (Å²) >= 11 is 0. The number of nitrogens with one attached hydrogen (secondary N) is 2. The average molecular weight is 277 g/mol. The third-order valence-corrected chi connectivity index (χ3v) is 3.08. The molecule has 0 aliphatic heterocycles. The first-order valence-electron chi connectivity index (χ1n) is 6.61. The summed E-state index contributed by atoms with van der Waals surface area (Å²) in [5, 5.41) is 6.01. The predicted molar refractivity (Wildman–Crippen MR) is 76.5 cm³/mol. The number of rotatable bonds is 6. The number of amides is 1. The summed E-state index contributed by atoms with van der Waals surface area (Å²) in [6.45, 7) is 0.503. The number of methoxy groups -OCH3 is 1. The van der Waals surface area contributed by atoms with Crippen LogP contribution in [-0.2, 0) is 9.53 Å². The van der Waals surface area contributed by atoms with Crippen molar-refractivity contribution in [3.8, 4) is 0 Å². The van der Waals surface area contributed by atoms with Gasteiger partial charge in [0.15, 0.2) is 0 Å². The molecule has 1 aliphatic rings. The highest BCUT2D eigenvalue weighted by molar-refractivity contribution is 5.96. The second-order valence-corrected chi connectivity index (χ2v) is 4.81. The molecule has 6 heteroatoms. The zero-order valence-corrected chi connectivity index (χ0v) is 11.4. The Hall–Kier alpha value is -2.24. The fourth-order valence-corrected chi connectivity index (χ4v) is 1.80. The summed E-state index contributed by atoms with van der Waals surface area (Å²) in [6.07, 6.45) is 2.56. The fourth-order valence-electron chi connectivity index (χ4n) is 1.80. The van der Waals surface area contributed by atoms with Crippen molar-refractivity contribution in [1.29, 1.82) is 0 Å². The van der Waals surface area contributed by atoms with E-state index < -0.39 is 5.97 Å². The minimum Gasteiger partial charge on any atom is -0.465 e. The molecule has 0 radical (unpaired) electrons. The summed E-state index contributed by atoms with van der Waals surface area (Å²) in [5.41, 5.74) is 7.14. The number of nitrogens with two attached hydrogens (primary N) is 1. The van der Waals surface area contributed by atoms with Crippen LogP contribution >= 0.6 is 0 Å². The number of ether oxygens (including phenoxy) is 1. The molecule has 0 heterocycles. The van der Waals surface area contributed by atoms with Crippen molar-refractivity contribution in [1.82, 2.24) is 5.32 Å². The number of nitrogen functional groups attached to an aromatic ring is 1. The first kappa shape index (κ1) is 14.2. The van der Waals surface area contributed by atoms with Crippen LogP contribution in [0.2, 0.25) is 0 Å². The summed E-state index contributed by atoms with van der Waals surface area (Å²) in [6, 6.07) is 5.41. The van der Waals surface area contributed by atoms with Gasteiger partial charge in [0, 0.05) is 30.4 Å². The number of carbonyl (C=O) groups is 2. The number of hydrogen-bond donors (Lipinski definition) is 3. The van der Waals surface area contributed by atoms with Crippen LogP contribution in [0.1, 0.15) is 29.6 Å². The van der Waals surface area contributed by atoms with Gasteiger partial charge in [-0.15, -0.1) is 0 Å². The van der Waals surface area contributed by atoms with E-state index in [1.165, 1.54) is 7.11 Å². The van der Waals surface area contributed by atoms with Gasteiger partial charge < -0.3 is 21.1 Å². The van der Waals surface area contributed by atoms with Crippen molar-refractivity contribution in [2.75, 3.05) is 24.7 Å². The van der Waals surface area contributed by atoms with E-state index in [1.54, 1.807) is 18.2 Å². The van der Waals surface area contributed by atoms with Crippen LogP contribution in [0, 0.1) is 0 Å². The molecule has 1 aromatic rings. The molecule has 20 heavy (non-hydrogen) atoms. The molecule has 0 bridgehead atoms. The summed E-state index contributed by atoms with van der Waals surface area (Å²) in [7, 11) is 1.31. The Morgan fingerprint density at radius 3 is 2.80 bits per heavy atom. The van der Waals surface area contributed by atoms with Crippen molar-refractivity contribution in [3.05, 3.63) is 23.8 Å². The predicted octanol–water partition coefficient (Wildman–Crippen LogP) is 1.14. The molecule has 1 aromatic carbocycles. The quantitative estimate of drug-likeness (QED) is 0.535. The molecule has 1 amide bonds. The standard InChI is InChI=1S/C14H19N3O3/c1-20-14(19)11-8-10(4-5-12(11)15)16-7-6-13(18)17-9-2-3-9/h4-5,8-9,16H,2-3,6-7,15H2,1H3,(H,17,18). The molecule has 0 spiro atoms. The smallest absolute Gasteiger partial charge is 0.340 e. The van der Waals surface area contributed by atoms with Gasteiger partial charge in [-0.3, -0.25) is 4.79 Å². The topological polar surface area (TPSA) is 93.4 Å². The molecule has 4 N–H and O–H groups in total. The highest BCUT2D eigenvalue weighted by atomic mass is 16.5. The molecule has 0 unspecified atom stereocenters. The molecule has 6 nitrogen and oxygen atoms in total. The molecule has 0 aromatic heterocycles. The first-order valence-corrected chi connectivity index (χ1v) is 6.61. The minimum absolute atomic E-state index is 0.0450. The van der Waals surface area contributed by atoms with Crippen molar-refractivity contribution in [2.45, 2.75) is 25.3 Å². The lowest BCUT2D eigenvalue weighted by Crippen LogP contribution is -2.27. The van der Waals surface area contributed by atoms with Crippen LogP contribution in [0.4, 0.5) is 11.4 Å². The maximum atomic E-state index is 11.5. The van der Waals surface area contributed by atoms with E-state index in [1.807, 2.05) is 0 Å². The summed E-state index contributed by atoms with van der Waals surface area (Å²) < 4.78 is 4.65. The Balaban J connectivity index is 1.85. The van der Waals surface area contributed by atoms with Gasteiger partial charge in [-0.05, 0) is 31.0 Å². The lowest BCUT2D eigenvalue weighted by molar-refractivity contribution is -0.120. The molecular formula is C14H19N3O3. The zero-order chi connectivity index (χ0) is 14.5. The second-order valence-electron chi connectivity index (χ2n) is 4.81. The maximum absolute atomic E-state index is 11.5. The van der Waals surface area contributed by atoms with Crippen molar-refractivity contribution in [2.24, 2.45) is 0 Å². The van der Waals surface area contributed by atoms with Gasteiger partial charge in [0.1, 0.15) is 0 Å². The molecule has 0 saturated heterocycles. The van der Waals surface area contributed by atoms with Crippen LogP contribution in [0.15, 0.2) is 18.2 Å². The van der Waals surface area contributed by atoms with Gasteiger partial charge >= 0.3 is 5.97 Å². The number of carbonyl (C=O) groups excluding carboxylic acids is 2. The Labute approximate surface area is 117 Å². The normalized spacial score (nSPS) is 13.7. The minimum atomic E-state index is -0.474. The van der Waals surface area contributed by atoms with Crippen molar-refractivity contribution >= 4 is 23.3 Å². The van der Waals surface area contributed by atoms with Gasteiger partial charge in [-0.1, -0.05) is 0 Å². The Kier molecular flexibility index (Phi) is 4.45. The lowest BCUT2D eigenvalue weighted by Gasteiger charge is -2.09. The van der Waals surface area contributed by atoms with E-state index in [9.17, 15) is 9.59 Å². The van der Waals surface area contributed by atoms with E-state index in [0.717, 1.165) is 18.5 Å². The number of benzene rings is 1. The second kappa shape index (κ2) is 6.27. The Bertz CT molecular complexity index is 512. The largest absolute Gasteiger partial charge is 0.465 e. The third-order valence-electron chi connectivity index (χ3n) is 3.08. The van der Waals surface area contributed by atoms with E-state index in [0.29, 0.717) is 30.3 Å². The number of esters is 1. The molecular weight excluding hydrogens is 258 g/mol. The maximum Gasteiger partial charge on any atom is 0.340 e. The zero-order valence-electron chi connectivity index (χ0n) is 11.4. The molecule has 0 atom stereocenters. The monoisotopic (exact) mass is 277 g/mol. The lowest BCUT2D eigenvalue weighted by atomic mass is 10.1. The summed E-state index contributed by atoms with van der Waals surface area (Å²) in [4.78, 5) is 23.0. The van der Waals surface area contributed by atoms with E-state index in [2.05, 4.69) is 15.4 Å². The molecule has 108 valence electrons. The van der Waals surface area contributed by atoms with Gasteiger partial charge in [0.25, 0.3) is 0 Å².